The minimum absolute atomic E-state index is 0.0180. The van der Waals surface area contributed by atoms with Gasteiger partial charge in [0.2, 0.25) is 0 Å². The van der Waals surface area contributed by atoms with Crippen LogP contribution >= 0.6 is 0 Å². The Balaban J connectivity index is 1.84. The van der Waals surface area contributed by atoms with Crippen LogP contribution in [0.1, 0.15) is 42.5 Å². The molecule has 0 fully saturated rings. The number of esters is 1. The van der Waals surface area contributed by atoms with Crippen LogP contribution in [0.4, 0.5) is 0 Å². The fourth-order valence-corrected chi connectivity index (χ4v) is 4.59. The number of phenolic OH excluding ortho intramolecular Hbond substituents is 1. The van der Waals surface area contributed by atoms with Gasteiger partial charge in [0.1, 0.15) is 17.8 Å². The van der Waals surface area contributed by atoms with Crippen LogP contribution in [0.25, 0.3) is 22.3 Å². The van der Waals surface area contributed by atoms with Gasteiger partial charge in [0, 0.05) is 22.1 Å². The molecule has 7 nitrogen and oxygen atoms in total. The van der Waals surface area contributed by atoms with E-state index in [1.807, 2.05) is 4.57 Å². The first-order chi connectivity index (χ1) is 13.9. The first kappa shape index (κ1) is 17.9. The zero-order valence-corrected chi connectivity index (χ0v) is 16.2. The van der Waals surface area contributed by atoms with Crippen molar-refractivity contribution >= 4 is 16.9 Å². The summed E-state index contributed by atoms with van der Waals surface area (Å²) in [5, 5.41) is 30.6. The molecule has 1 aromatic carbocycles. The van der Waals surface area contributed by atoms with Crippen LogP contribution in [-0.2, 0) is 34.7 Å². The number of aliphatic hydroxyl groups is 1. The van der Waals surface area contributed by atoms with Crippen molar-refractivity contribution in [2.75, 3.05) is 0 Å². The maximum absolute atomic E-state index is 12.3. The predicted octanol–water partition coefficient (Wildman–Crippen LogP) is 2.47. The lowest BCUT2D eigenvalue weighted by molar-refractivity contribution is -0.172. The summed E-state index contributed by atoms with van der Waals surface area (Å²) in [4.78, 5) is 17.1. The van der Waals surface area contributed by atoms with Gasteiger partial charge in [-0.2, -0.15) is 0 Å². The summed E-state index contributed by atoms with van der Waals surface area (Å²) in [5.41, 5.74) is 3.78. The topological polar surface area (TPSA) is 108 Å². The summed E-state index contributed by atoms with van der Waals surface area (Å²) in [6, 6.07) is 6.91. The summed E-state index contributed by atoms with van der Waals surface area (Å²) < 4.78 is 7.03. The SMILES string of the molecule is CCc1c2c(nc3ccc(O)cc13)-c1cc3c(c(=N)n1C2)COC(=O)[C@]3(O)CC. The Morgan fingerprint density at radius 2 is 2.07 bits per heavy atom. The van der Waals surface area contributed by atoms with Gasteiger partial charge >= 0.3 is 5.97 Å². The van der Waals surface area contributed by atoms with E-state index in [0.717, 1.165) is 39.8 Å². The number of aromatic nitrogens is 2. The third-order valence-corrected chi connectivity index (χ3v) is 6.20. The number of cyclic esters (lactones) is 1. The van der Waals surface area contributed by atoms with Crippen LogP contribution < -0.4 is 5.49 Å². The first-order valence-corrected chi connectivity index (χ1v) is 9.75. The molecule has 0 aliphatic carbocycles. The molecule has 7 heteroatoms. The largest absolute Gasteiger partial charge is 0.508 e. The average Bonchev–Trinajstić information content (AvgIpc) is 3.08. The summed E-state index contributed by atoms with van der Waals surface area (Å²) in [7, 11) is 0. The van der Waals surface area contributed by atoms with Crippen LogP contribution in [0.3, 0.4) is 0 Å². The van der Waals surface area contributed by atoms with E-state index in [2.05, 4.69) is 6.92 Å². The molecular formula is C22H21N3O4. The van der Waals surface area contributed by atoms with Crippen molar-refractivity contribution in [1.29, 1.82) is 5.41 Å². The first-order valence-electron chi connectivity index (χ1n) is 9.75. The molecule has 0 bridgehead atoms. The fourth-order valence-electron chi connectivity index (χ4n) is 4.59. The molecule has 2 aliphatic heterocycles. The third-order valence-electron chi connectivity index (χ3n) is 6.20. The van der Waals surface area contributed by atoms with Crippen LogP contribution in [-0.4, -0.2) is 25.7 Å². The van der Waals surface area contributed by atoms with E-state index in [9.17, 15) is 15.0 Å². The van der Waals surface area contributed by atoms with Gasteiger partial charge in [-0.15, -0.1) is 0 Å². The van der Waals surface area contributed by atoms with Gasteiger partial charge in [-0.25, -0.2) is 9.78 Å². The molecule has 2 aromatic heterocycles. The number of fused-ring (bicyclic) bond motifs is 5. The molecule has 0 unspecified atom stereocenters. The van der Waals surface area contributed by atoms with E-state index in [1.54, 1.807) is 31.2 Å². The van der Waals surface area contributed by atoms with Gasteiger partial charge in [-0.3, -0.25) is 5.41 Å². The lowest BCUT2D eigenvalue weighted by atomic mass is 9.86. The number of phenols is 1. The second-order valence-corrected chi connectivity index (χ2v) is 7.62. The van der Waals surface area contributed by atoms with Gasteiger partial charge in [0.05, 0.1) is 23.4 Å². The zero-order chi connectivity index (χ0) is 20.5. The van der Waals surface area contributed by atoms with Crippen molar-refractivity contribution in [2.24, 2.45) is 0 Å². The van der Waals surface area contributed by atoms with E-state index in [4.69, 9.17) is 15.1 Å². The highest BCUT2D eigenvalue weighted by molar-refractivity contribution is 5.89. The number of hydrogen-bond donors (Lipinski definition) is 3. The highest BCUT2D eigenvalue weighted by atomic mass is 16.6. The number of aryl methyl sites for hydroxylation is 1. The van der Waals surface area contributed by atoms with Gasteiger partial charge in [-0.1, -0.05) is 13.8 Å². The lowest BCUT2D eigenvalue weighted by Gasteiger charge is -2.32. The highest BCUT2D eigenvalue weighted by Gasteiger charge is 2.44. The molecule has 0 saturated carbocycles. The number of rotatable bonds is 2. The minimum Gasteiger partial charge on any atom is -0.508 e. The Labute approximate surface area is 166 Å². The van der Waals surface area contributed by atoms with Crippen molar-refractivity contribution in [3.8, 4) is 17.1 Å². The molecule has 0 radical (unpaired) electrons. The number of ether oxygens (including phenoxy) is 1. The Morgan fingerprint density at radius 3 is 2.79 bits per heavy atom. The maximum Gasteiger partial charge on any atom is 0.343 e. The minimum atomic E-state index is -1.75. The van der Waals surface area contributed by atoms with E-state index in [0.29, 0.717) is 17.7 Å². The van der Waals surface area contributed by atoms with Gasteiger partial charge in [0.15, 0.2) is 5.60 Å². The molecule has 1 atom stereocenters. The molecule has 29 heavy (non-hydrogen) atoms. The number of pyridine rings is 2. The number of aromatic hydroxyl groups is 1. The van der Waals surface area contributed by atoms with E-state index < -0.39 is 11.6 Å². The predicted molar refractivity (Wildman–Crippen MR) is 105 cm³/mol. The molecule has 5 rings (SSSR count). The molecule has 0 amide bonds. The van der Waals surface area contributed by atoms with Crippen molar-refractivity contribution in [3.63, 3.8) is 0 Å². The van der Waals surface area contributed by atoms with Crippen molar-refractivity contribution in [1.82, 2.24) is 9.55 Å². The normalized spacial score (nSPS) is 19.6. The number of carbonyl (C=O) groups excluding carboxylic acids is 1. The molecule has 0 spiro atoms. The lowest BCUT2D eigenvalue weighted by Crippen LogP contribution is -2.44. The molecule has 3 N–H and O–H groups in total. The quantitative estimate of drug-likeness (QED) is 0.455. The summed E-state index contributed by atoms with van der Waals surface area (Å²) in [6.07, 6.45) is 0.923. The smallest absolute Gasteiger partial charge is 0.343 e. The molecule has 3 aromatic rings. The van der Waals surface area contributed by atoms with Gasteiger partial charge in [-0.05, 0) is 42.7 Å². The van der Waals surface area contributed by atoms with Gasteiger partial charge in [0.25, 0.3) is 0 Å². The fraction of sp³-hybridized carbons (Fsp3) is 0.318. The zero-order valence-electron chi connectivity index (χ0n) is 16.2. The van der Waals surface area contributed by atoms with Crippen LogP contribution in [0.5, 0.6) is 5.75 Å². The summed E-state index contributed by atoms with van der Waals surface area (Å²) in [5.74, 6) is -0.483. The molecule has 4 heterocycles. The molecule has 2 aliphatic rings. The summed E-state index contributed by atoms with van der Waals surface area (Å²) in [6.45, 7) is 4.25. The Bertz CT molecular complexity index is 1280. The van der Waals surface area contributed by atoms with E-state index >= 15 is 0 Å². The monoisotopic (exact) mass is 391 g/mol. The number of nitrogens with zero attached hydrogens (tertiary/aromatic N) is 2. The van der Waals surface area contributed by atoms with E-state index in [1.165, 1.54) is 0 Å². The second kappa shape index (κ2) is 5.90. The standard InChI is InChI=1S/C22H21N3O4/c1-3-12-13-7-11(26)5-6-17(13)24-19-14(12)9-25-18(19)8-16-15(20(25)23)10-29-21(27)22(16,28)4-2/h5-8,23,26,28H,3-4,9-10H2,1-2H3/t22-/m0/s1. The molecule has 0 saturated heterocycles. The summed E-state index contributed by atoms with van der Waals surface area (Å²) >= 11 is 0. The number of hydrogen-bond acceptors (Lipinski definition) is 6. The number of nitrogens with one attached hydrogen (secondary N) is 1. The van der Waals surface area contributed by atoms with Crippen molar-refractivity contribution in [2.45, 2.75) is 45.4 Å². The van der Waals surface area contributed by atoms with Gasteiger partial charge < -0.3 is 19.5 Å². The van der Waals surface area contributed by atoms with Crippen LogP contribution in [0.15, 0.2) is 24.3 Å². The third kappa shape index (κ3) is 2.25. The van der Waals surface area contributed by atoms with Crippen LogP contribution in [0, 0.1) is 5.41 Å². The maximum atomic E-state index is 12.3. The molecule has 148 valence electrons. The Kier molecular flexibility index (Phi) is 3.64. The molecular weight excluding hydrogens is 370 g/mol. The highest BCUT2D eigenvalue weighted by Crippen LogP contribution is 2.40. The average molecular weight is 391 g/mol. The van der Waals surface area contributed by atoms with Crippen molar-refractivity contribution < 1.29 is 19.7 Å². The second-order valence-electron chi connectivity index (χ2n) is 7.62. The Morgan fingerprint density at radius 1 is 1.28 bits per heavy atom. The Hall–Kier alpha value is -3.19. The van der Waals surface area contributed by atoms with E-state index in [-0.39, 0.29) is 24.3 Å². The number of benzene rings is 1. The van der Waals surface area contributed by atoms with Crippen molar-refractivity contribution in [3.05, 3.63) is 52.0 Å². The van der Waals surface area contributed by atoms with Crippen LogP contribution in [0.2, 0.25) is 0 Å². The number of carbonyl (C=O) groups is 1.